The average Bonchev–Trinajstić information content (AvgIpc) is 2.26. The summed E-state index contributed by atoms with van der Waals surface area (Å²) < 4.78 is 11.6. The van der Waals surface area contributed by atoms with Crippen LogP contribution < -0.4 is 0 Å². The standard InChI is InChI=1S/C14H22O2Si/c1-12(2)15-17(16-13(3)4)11-10-14-8-6-5-7-9-14/h5-13,17H,1-4H3. The van der Waals surface area contributed by atoms with Crippen LogP contribution in [0.25, 0.3) is 6.08 Å². The van der Waals surface area contributed by atoms with E-state index in [0.29, 0.717) is 0 Å². The summed E-state index contributed by atoms with van der Waals surface area (Å²) >= 11 is 0. The molecule has 0 aliphatic rings. The molecule has 0 unspecified atom stereocenters. The zero-order valence-electron chi connectivity index (χ0n) is 11.1. The molecule has 0 aliphatic heterocycles. The molecule has 0 heterocycles. The van der Waals surface area contributed by atoms with Crippen LogP contribution in [0.15, 0.2) is 36.0 Å². The Morgan fingerprint density at radius 1 is 0.941 bits per heavy atom. The Morgan fingerprint density at radius 3 is 1.94 bits per heavy atom. The molecule has 0 spiro atoms. The van der Waals surface area contributed by atoms with Crippen molar-refractivity contribution in [1.82, 2.24) is 0 Å². The van der Waals surface area contributed by atoms with Crippen LogP contribution in [0.2, 0.25) is 0 Å². The first-order valence-electron chi connectivity index (χ1n) is 6.12. The van der Waals surface area contributed by atoms with Crippen LogP contribution >= 0.6 is 0 Å². The predicted octanol–water partition coefficient (Wildman–Crippen LogP) is 3.31. The Labute approximate surface area is 106 Å². The van der Waals surface area contributed by atoms with Crippen molar-refractivity contribution in [2.75, 3.05) is 0 Å². The summed E-state index contributed by atoms with van der Waals surface area (Å²) in [4.78, 5) is 0. The van der Waals surface area contributed by atoms with E-state index >= 15 is 0 Å². The van der Waals surface area contributed by atoms with Crippen molar-refractivity contribution < 1.29 is 8.85 Å². The normalized spacial score (nSPS) is 12.2. The van der Waals surface area contributed by atoms with E-state index in [9.17, 15) is 0 Å². The Kier molecular flexibility index (Phi) is 6.19. The highest BCUT2D eigenvalue weighted by Gasteiger charge is 2.13. The number of rotatable bonds is 6. The molecule has 0 aromatic heterocycles. The van der Waals surface area contributed by atoms with Gasteiger partial charge in [-0.1, -0.05) is 36.4 Å². The summed E-state index contributed by atoms with van der Waals surface area (Å²) in [5.74, 6) is 0. The second-order valence-corrected chi connectivity index (χ2v) is 6.17. The molecule has 1 aromatic rings. The van der Waals surface area contributed by atoms with Gasteiger partial charge < -0.3 is 8.85 Å². The summed E-state index contributed by atoms with van der Waals surface area (Å²) in [5.41, 5.74) is 3.28. The summed E-state index contributed by atoms with van der Waals surface area (Å²) in [6.07, 6.45) is 2.51. The first kappa shape index (κ1) is 14.2. The van der Waals surface area contributed by atoms with Gasteiger partial charge in [-0.25, -0.2) is 0 Å². The van der Waals surface area contributed by atoms with Crippen molar-refractivity contribution >= 4 is 15.4 Å². The fourth-order valence-corrected chi connectivity index (χ4v) is 3.11. The summed E-state index contributed by atoms with van der Waals surface area (Å²) in [7, 11) is -1.70. The molecule has 0 atom stereocenters. The molecule has 0 fully saturated rings. The molecular weight excluding hydrogens is 228 g/mol. The highest BCUT2D eigenvalue weighted by atomic mass is 28.3. The van der Waals surface area contributed by atoms with Gasteiger partial charge >= 0.3 is 9.28 Å². The molecule has 0 radical (unpaired) electrons. The first-order valence-corrected chi connectivity index (χ1v) is 7.73. The molecular formula is C14H22O2Si. The zero-order valence-corrected chi connectivity index (χ0v) is 12.2. The maximum absolute atomic E-state index is 5.81. The highest BCUT2D eigenvalue weighted by molar-refractivity contribution is 6.51. The third-order valence-electron chi connectivity index (χ3n) is 2.06. The summed E-state index contributed by atoms with van der Waals surface area (Å²) in [6.45, 7) is 8.17. The van der Waals surface area contributed by atoms with Gasteiger partial charge in [-0.3, -0.25) is 0 Å². The van der Waals surface area contributed by atoms with Crippen molar-refractivity contribution in [3.8, 4) is 0 Å². The minimum Gasteiger partial charge on any atom is -0.391 e. The molecule has 0 saturated carbocycles. The second-order valence-electron chi connectivity index (χ2n) is 4.51. The molecule has 0 bridgehead atoms. The molecule has 94 valence electrons. The molecule has 0 aliphatic carbocycles. The van der Waals surface area contributed by atoms with E-state index in [1.807, 2.05) is 45.9 Å². The molecule has 0 amide bonds. The third kappa shape index (κ3) is 6.41. The number of benzene rings is 1. The lowest BCUT2D eigenvalue weighted by molar-refractivity contribution is 0.138. The predicted molar refractivity (Wildman–Crippen MR) is 75.1 cm³/mol. The topological polar surface area (TPSA) is 18.5 Å². The Hall–Kier alpha value is -0.903. The van der Waals surface area contributed by atoms with Crippen molar-refractivity contribution in [3.63, 3.8) is 0 Å². The lowest BCUT2D eigenvalue weighted by Crippen LogP contribution is -2.27. The maximum Gasteiger partial charge on any atom is 0.348 e. The largest absolute Gasteiger partial charge is 0.391 e. The summed E-state index contributed by atoms with van der Waals surface area (Å²) in [6, 6.07) is 10.2. The Bertz CT molecular complexity index is 323. The van der Waals surface area contributed by atoms with Crippen molar-refractivity contribution in [1.29, 1.82) is 0 Å². The van der Waals surface area contributed by atoms with Gasteiger partial charge in [-0.05, 0) is 39.0 Å². The Morgan fingerprint density at radius 2 is 1.47 bits per heavy atom. The van der Waals surface area contributed by atoms with Gasteiger partial charge in [-0.2, -0.15) is 0 Å². The monoisotopic (exact) mass is 250 g/mol. The summed E-state index contributed by atoms with van der Waals surface area (Å²) in [5, 5.41) is 0. The highest BCUT2D eigenvalue weighted by Crippen LogP contribution is 2.06. The molecule has 1 rings (SSSR count). The van der Waals surface area contributed by atoms with Crippen molar-refractivity contribution in [3.05, 3.63) is 41.6 Å². The molecule has 17 heavy (non-hydrogen) atoms. The zero-order chi connectivity index (χ0) is 12.7. The van der Waals surface area contributed by atoms with Gasteiger partial charge in [0.25, 0.3) is 0 Å². The van der Waals surface area contributed by atoms with Crippen LogP contribution in [0.4, 0.5) is 0 Å². The maximum atomic E-state index is 5.81. The van der Waals surface area contributed by atoms with E-state index < -0.39 is 9.28 Å². The van der Waals surface area contributed by atoms with Gasteiger partial charge in [0.05, 0.1) is 0 Å². The van der Waals surface area contributed by atoms with Crippen LogP contribution in [-0.2, 0) is 8.85 Å². The molecule has 3 heteroatoms. The van der Waals surface area contributed by atoms with Gasteiger partial charge in [0.15, 0.2) is 0 Å². The smallest absolute Gasteiger partial charge is 0.348 e. The van der Waals surface area contributed by atoms with Crippen LogP contribution in [-0.4, -0.2) is 21.5 Å². The van der Waals surface area contributed by atoms with Crippen LogP contribution in [0.1, 0.15) is 33.3 Å². The third-order valence-corrected chi connectivity index (χ3v) is 4.19. The van der Waals surface area contributed by atoms with Crippen molar-refractivity contribution in [2.24, 2.45) is 0 Å². The van der Waals surface area contributed by atoms with E-state index in [4.69, 9.17) is 8.85 Å². The molecule has 0 N–H and O–H groups in total. The van der Waals surface area contributed by atoms with E-state index in [0.717, 1.165) is 0 Å². The van der Waals surface area contributed by atoms with E-state index in [2.05, 4.69) is 23.9 Å². The van der Waals surface area contributed by atoms with Gasteiger partial charge in [-0.15, -0.1) is 0 Å². The van der Waals surface area contributed by atoms with Crippen molar-refractivity contribution in [2.45, 2.75) is 39.9 Å². The average molecular weight is 250 g/mol. The van der Waals surface area contributed by atoms with Gasteiger partial charge in [0.2, 0.25) is 0 Å². The number of hydrogen-bond donors (Lipinski definition) is 0. The van der Waals surface area contributed by atoms with Crippen LogP contribution in [0, 0.1) is 0 Å². The number of hydrogen-bond acceptors (Lipinski definition) is 2. The lowest BCUT2D eigenvalue weighted by atomic mass is 10.2. The second kappa shape index (κ2) is 7.43. The van der Waals surface area contributed by atoms with Gasteiger partial charge in [0, 0.05) is 12.2 Å². The van der Waals surface area contributed by atoms with Crippen LogP contribution in [0.3, 0.4) is 0 Å². The van der Waals surface area contributed by atoms with Crippen LogP contribution in [0.5, 0.6) is 0 Å². The van der Waals surface area contributed by atoms with E-state index in [1.165, 1.54) is 5.56 Å². The quantitative estimate of drug-likeness (QED) is 0.721. The fraction of sp³-hybridized carbons (Fsp3) is 0.429. The molecule has 1 aromatic carbocycles. The minimum absolute atomic E-state index is 0.214. The lowest BCUT2D eigenvalue weighted by Gasteiger charge is -2.18. The molecule has 0 saturated heterocycles. The minimum atomic E-state index is -1.70. The first-order chi connectivity index (χ1) is 8.08. The fourth-order valence-electron chi connectivity index (χ4n) is 1.41. The van der Waals surface area contributed by atoms with Gasteiger partial charge in [0.1, 0.15) is 0 Å². The van der Waals surface area contributed by atoms with E-state index in [-0.39, 0.29) is 12.2 Å². The molecule has 2 nitrogen and oxygen atoms in total. The SMILES string of the molecule is CC(C)O[SiH](C=Cc1ccccc1)OC(C)C. The van der Waals surface area contributed by atoms with E-state index in [1.54, 1.807) is 0 Å². The Balaban J connectivity index is 2.61.